The fraction of sp³-hybridized carbons (Fsp3) is 0.188. The van der Waals surface area contributed by atoms with Crippen molar-refractivity contribution >= 4 is 5.91 Å². The minimum absolute atomic E-state index is 0.0526. The smallest absolute Gasteiger partial charge is 0.249 e. The van der Waals surface area contributed by atoms with Crippen molar-refractivity contribution in [3.8, 4) is 5.75 Å². The Morgan fingerprint density at radius 3 is 2.63 bits per heavy atom. The standard InChI is InChI=1S/C16H15NO2/c17-16(18)13-7-4-8-15-12(13)9-10-14(19-15)11-5-2-1-3-6-11/h1-8,14H,9-10H2,(H2,17,18). The molecule has 0 saturated carbocycles. The van der Waals surface area contributed by atoms with Gasteiger partial charge in [-0.1, -0.05) is 36.4 Å². The number of hydrogen-bond acceptors (Lipinski definition) is 2. The first-order chi connectivity index (χ1) is 9.25. The van der Waals surface area contributed by atoms with Crippen LogP contribution in [0.3, 0.4) is 0 Å². The molecule has 0 aromatic heterocycles. The predicted octanol–water partition coefficient (Wildman–Crippen LogP) is 2.85. The first kappa shape index (κ1) is 11.8. The second-order valence-corrected chi connectivity index (χ2v) is 4.70. The van der Waals surface area contributed by atoms with E-state index in [0.29, 0.717) is 5.56 Å². The van der Waals surface area contributed by atoms with Crippen LogP contribution in [-0.4, -0.2) is 5.91 Å². The third-order valence-electron chi connectivity index (χ3n) is 3.50. The van der Waals surface area contributed by atoms with E-state index in [4.69, 9.17) is 10.5 Å². The summed E-state index contributed by atoms with van der Waals surface area (Å²) in [7, 11) is 0. The molecule has 0 spiro atoms. The van der Waals surface area contributed by atoms with Gasteiger partial charge in [-0.05, 0) is 30.5 Å². The molecule has 1 aliphatic rings. The summed E-state index contributed by atoms with van der Waals surface area (Å²) >= 11 is 0. The lowest BCUT2D eigenvalue weighted by Crippen LogP contribution is -2.20. The Bertz CT molecular complexity index is 607. The maximum absolute atomic E-state index is 11.4. The van der Waals surface area contributed by atoms with Gasteiger partial charge in [-0.3, -0.25) is 4.79 Å². The molecule has 2 N–H and O–H groups in total. The molecule has 0 radical (unpaired) electrons. The lowest BCUT2D eigenvalue weighted by molar-refractivity contribution is 0.0996. The van der Waals surface area contributed by atoms with Crippen LogP contribution in [0.4, 0.5) is 0 Å². The number of fused-ring (bicyclic) bond motifs is 1. The van der Waals surface area contributed by atoms with Gasteiger partial charge in [-0.25, -0.2) is 0 Å². The van der Waals surface area contributed by atoms with Crippen molar-refractivity contribution in [3.05, 3.63) is 65.2 Å². The fourth-order valence-corrected chi connectivity index (χ4v) is 2.55. The Kier molecular flexibility index (Phi) is 2.95. The van der Waals surface area contributed by atoms with Gasteiger partial charge in [-0.15, -0.1) is 0 Å². The molecule has 0 fully saturated rings. The van der Waals surface area contributed by atoms with Crippen LogP contribution in [0, 0.1) is 0 Å². The molecular formula is C16H15NO2. The van der Waals surface area contributed by atoms with Gasteiger partial charge in [0, 0.05) is 11.1 Å². The topological polar surface area (TPSA) is 52.3 Å². The predicted molar refractivity (Wildman–Crippen MR) is 73.1 cm³/mol. The maximum Gasteiger partial charge on any atom is 0.249 e. The molecule has 1 aliphatic heterocycles. The van der Waals surface area contributed by atoms with E-state index in [1.807, 2.05) is 30.3 Å². The van der Waals surface area contributed by atoms with E-state index >= 15 is 0 Å². The normalized spacial score (nSPS) is 17.4. The third kappa shape index (κ3) is 2.19. The van der Waals surface area contributed by atoms with Crippen LogP contribution in [0.25, 0.3) is 0 Å². The molecule has 3 heteroatoms. The van der Waals surface area contributed by atoms with Gasteiger partial charge in [0.15, 0.2) is 0 Å². The average Bonchev–Trinajstić information content (AvgIpc) is 2.47. The molecule has 1 unspecified atom stereocenters. The highest BCUT2D eigenvalue weighted by Crippen LogP contribution is 2.36. The van der Waals surface area contributed by atoms with Crippen molar-refractivity contribution in [2.24, 2.45) is 5.73 Å². The first-order valence-electron chi connectivity index (χ1n) is 6.39. The Morgan fingerprint density at radius 2 is 1.89 bits per heavy atom. The minimum atomic E-state index is -0.390. The lowest BCUT2D eigenvalue weighted by atomic mass is 9.94. The Hall–Kier alpha value is -2.29. The van der Waals surface area contributed by atoms with E-state index in [9.17, 15) is 4.79 Å². The first-order valence-corrected chi connectivity index (χ1v) is 6.39. The summed E-state index contributed by atoms with van der Waals surface area (Å²) in [4.78, 5) is 11.4. The number of primary amides is 1. The summed E-state index contributed by atoms with van der Waals surface area (Å²) in [6.45, 7) is 0. The summed E-state index contributed by atoms with van der Waals surface area (Å²) in [6.07, 6.45) is 1.73. The van der Waals surface area contributed by atoms with E-state index in [0.717, 1.165) is 29.7 Å². The quantitative estimate of drug-likeness (QED) is 0.894. The van der Waals surface area contributed by atoms with Crippen molar-refractivity contribution in [2.45, 2.75) is 18.9 Å². The summed E-state index contributed by atoms with van der Waals surface area (Å²) in [5.41, 5.74) is 8.06. The van der Waals surface area contributed by atoms with Gasteiger partial charge >= 0.3 is 0 Å². The van der Waals surface area contributed by atoms with E-state index < -0.39 is 5.91 Å². The fourth-order valence-electron chi connectivity index (χ4n) is 2.55. The number of amides is 1. The Morgan fingerprint density at radius 1 is 1.11 bits per heavy atom. The number of benzene rings is 2. The highest BCUT2D eigenvalue weighted by Gasteiger charge is 2.24. The number of hydrogen-bond donors (Lipinski definition) is 1. The molecule has 19 heavy (non-hydrogen) atoms. The largest absolute Gasteiger partial charge is 0.485 e. The van der Waals surface area contributed by atoms with Crippen LogP contribution in [0.1, 0.15) is 34.0 Å². The van der Waals surface area contributed by atoms with Gasteiger partial charge < -0.3 is 10.5 Å². The van der Waals surface area contributed by atoms with E-state index in [1.54, 1.807) is 6.07 Å². The van der Waals surface area contributed by atoms with Gasteiger partial charge in [0.1, 0.15) is 11.9 Å². The number of carbonyl (C=O) groups is 1. The zero-order valence-electron chi connectivity index (χ0n) is 10.5. The van der Waals surface area contributed by atoms with E-state index in [2.05, 4.69) is 12.1 Å². The van der Waals surface area contributed by atoms with E-state index in [-0.39, 0.29) is 6.10 Å². The third-order valence-corrected chi connectivity index (χ3v) is 3.50. The number of rotatable bonds is 2. The summed E-state index contributed by atoms with van der Waals surface area (Å²) < 4.78 is 6.00. The van der Waals surface area contributed by atoms with Crippen molar-refractivity contribution in [2.75, 3.05) is 0 Å². The monoisotopic (exact) mass is 253 g/mol. The molecule has 2 aromatic carbocycles. The zero-order chi connectivity index (χ0) is 13.2. The van der Waals surface area contributed by atoms with Crippen molar-refractivity contribution in [3.63, 3.8) is 0 Å². The average molecular weight is 253 g/mol. The van der Waals surface area contributed by atoms with Crippen molar-refractivity contribution < 1.29 is 9.53 Å². The Balaban J connectivity index is 1.93. The maximum atomic E-state index is 11.4. The van der Waals surface area contributed by atoms with Gasteiger partial charge in [0.05, 0.1) is 0 Å². The van der Waals surface area contributed by atoms with E-state index in [1.165, 1.54) is 0 Å². The summed E-state index contributed by atoms with van der Waals surface area (Å²) in [6, 6.07) is 15.6. The van der Waals surface area contributed by atoms with Gasteiger partial charge in [0.2, 0.25) is 5.91 Å². The number of ether oxygens (including phenoxy) is 1. The lowest BCUT2D eigenvalue weighted by Gasteiger charge is -2.27. The number of nitrogens with two attached hydrogens (primary N) is 1. The molecule has 0 aliphatic carbocycles. The molecule has 2 aromatic rings. The van der Waals surface area contributed by atoms with Crippen LogP contribution in [-0.2, 0) is 6.42 Å². The van der Waals surface area contributed by atoms with Gasteiger partial charge in [0.25, 0.3) is 0 Å². The summed E-state index contributed by atoms with van der Waals surface area (Å²) in [5, 5.41) is 0. The zero-order valence-corrected chi connectivity index (χ0v) is 10.5. The minimum Gasteiger partial charge on any atom is -0.485 e. The van der Waals surface area contributed by atoms with Crippen LogP contribution in [0.2, 0.25) is 0 Å². The molecule has 0 bridgehead atoms. The highest BCUT2D eigenvalue weighted by atomic mass is 16.5. The molecule has 3 nitrogen and oxygen atoms in total. The van der Waals surface area contributed by atoms with Crippen LogP contribution in [0.15, 0.2) is 48.5 Å². The van der Waals surface area contributed by atoms with Crippen LogP contribution < -0.4 is 10.5 Å². The summed E-state index contributed by atoms with van der Waals surface area (Å²) in [5.74, 6) is 0.384. The second kappa shape index (κ2) is 4.76. The second-order valence-electron chi connectivity index (χ2n) is 4.70. The SMILES string of the molecule is NC(=O)c1cccc2c1CCC(c1ccccc1)O2. The molecule has 0 saturated heterocycles. The van der Waals surface area contributed by atoms with Crippen LogP contribution in [0.5, 0.6) is 5.75 Å². The van der Waals surface area contributed by atoms with Crippen molar-refractivity contribution in [1.82, 2.24) is 0 Å². The molecule has 96 valence electrons. The van der Waals surface area contributed by atoms with Crippen LogP contribution >= 0.6 is 0 Å². The molecule has 1 amide bonds. The number of carbonyl (C=O) groups excluding carboxylic acids is 1. The molecule has 1 atom stereocenters. The Labute approximate surface area is 112 Å². The molecule has 3 rings (SSSR count). The molecular weight excluding hydrogens is 238 g/mol. The van der Waals surface area contributed by atoms with Crippen molar-refractivity contribution in [1.29, 1.82) is 0 Å². The highest BCUT2D eigenvalue weighted by molar-refractivity contribution is 5.95. The van der Waals surface area contributed by atoms with Gasteiger partial charge in [-0.2, -0.15) is 0 Å². The molecule has 1 heterocycles.